The fourth-order valence-electron chi connectivity index (χ4n) is 3.66. The summed E-state index contributed by atoms with van der Waals surface area (Å²) in [6, 6.07) is 5.26. The standard InChI is InChI=1S/C18H22Cl2N2O2/c19-13-7-8-16(15(20)10-13)21-18(24)12-9-17(23)22(11-12)14-5-3-1-2-4-6-14/h7-8,10,12,14H,1-6,9,11H2,(H,21,24). The Morgan fingerprint density at radius 3 is 2.50 bits per heavy atom. The molecule has 1 aliphatic heterocycles. The van der Waals surface area contributed by atoms with E-state index in [2.05, 4.69) is 5.32 Å². The largest absolute Gasteiger partial charge is 0.339 e. The van der Waals surface area contributed by atoms with Crippen molar-refractivity contribution in [2.75, 3.05) is 11.9 Å². The first-order valence-corrected chi connectivity index (χ1v) is 9.35. The zero-order valence-corrected chi connectivity index (χ0v) is 15.1. The van der Waals surface area contributed by atoms with Crippen LogP contribution in [0, 0.1) is 5.92 Å². The molecule has 1 atom stereocenters. The quantitative estimate of drug-likeness (QED) is 0.798. The topological polar surface area (TPSA) is 49.4 Å². The van der Waals surface area contributed by atoms with E-state index in [-0.39, 0.29) is 24.2 Å². The van der Waals surface area contributed by atoms with Crippen LogP contribution in [0.25, 0.3) is 0 Å². The van der Waals surface area contributed by atoms with Gasteiger partial charge in [-0.2, -0.15) is 0 Å². The molecule has 0 spiro atoms. The van der Waals surface area contributed by atoms with Gasteiger partial charge in [0.15, 0.2) is 0 Å². The second-order valence-corrected chi connectivity index (χ2v) is 7.55. The molecule has 1 aromatic carbocycles. The molecular formula is C18H22Cl2N2O2. The van der Waals surface area contributed by atoms with Crippen molar-refractivity contribution >= 4 is 40.7 Å². The van der Waals surface area contributed by atoms with Gasteiger partial charge in [0.05, 0.1) is 16.6 Å². The van der Waals surface area contributed by atoms with Crippen molar-refractivity contribution in [2.24, 2.45) is 5.92 Å². The van der Waals surface area contributed by atoms with Gasteiger partial charge < -0.3 is 10.2 Å². The summed E-state index contributed by atoms with van der Waals surface area (Å²) < 4.78 is 0. The molecule has 1 heterocycles. The fraction of sp³-hybridized carbons (Fsp3) is 0.556. The Bertz CT molecular complexity index is 627. The maximum absolute atomic E-state index is 12.5. The summed E-state index contributed by atoms with van der Waals surface area (Å²) in [5.74, 6) is -0.361. The van der Waals surface area contributed by atoms with Gasteiger partial charge in [-0.3, -0.25) is 9.59 Å². The molecular weight excluding hydrogens is 347 g/mol. The molecule has 1 saturated carbocycles. The minimum absolute atomic E-state index is 0.101. The van der Waals surface area contributed by atoms with Crippen molar-refractivity contribution < 1.29 is 9.59 Å². The monoisotopic (exact) mass is 368 g/mol. The number of rotatable bonds is 3. The molecule has 1 aromatic rings. The normalized spacial score (nSPS) is 22.5. The van der Waals surface area contributed by atoms with Gasteiger partial charge in [-0.15, -0.1) is 0 Å². The molecule has 3 rings (SSSR count). The highest BCUT2D eigenvalue weighted by atomic mass is 35.5. The molecule has 2 fully saturated rings. The van der Waals surface area contributed by atoms with Crippen LogP contribution in [0.4, 0.5) is 5.69 Å². The fourth-order valence-corrected chi connectivity index (χ4v) is 4.11. The van der Waals surface area contributed by atoms with E-state index in [1.807, 2.05) is 4.90 Å². The number of likely N-dealkylation sites (tertiary alicyclic amines) is 1. The van der Waals surface area contributed by atoms with E-state index in [1.165, 1.54) is 25.7 Å². The third kappa shape index (κ3) is 4.04. The molecule has 6 heteroatoms. The molecule has 24 heavy (non-hydrogen) atoms. The van der Waals surface area contributed by atoms with Crippen LogP contribution in [0.15, 0.2) is 18.2 Å². The van der Waals surface area contributed by atoms with Gasteiger partial charge >= 0.3 is 0 Å². The molecule has 2 aliphatic rings. The number of nitrogens with one attached hydrogen (secondary N) is 1. The molecule has 1 N–H and O–H groups in total. The van der Waals surface area contributed by atoms with E-state index in [4.69, 9.17) is 23.2 Å². The van der Waals surface area contributed by atoms with Gasteiger partial charge in [0, 0.05) is 24.0 Å². The third-order valence-corrected chi connectivity index (χ3v) is 5.53. The second-order valence-electron chi connectivity index (χ2n) is 6.71. The Morgan fingerprint density at radius 2 is 1.83 bits per heavy atom. The van der Waals surface area contributed by atoms with E-state index in [0.717, 1.165) is 12.8 Å². The van der Waals surface area contributed by atoms with Crippen molar-refractivity contribution in [2.45, 2.75) is 51.0 Å². The third-order valence-electron chi connectivity index (χ3n) is 4.98. The van der Waals surface area contributed by atoms with Gasteiger partial charge in [0.2, 0.25) is 11.8 Å². The maximum atomic E-state index is 12.5. The Balaban J connectivity index is 1.63. The number of benzene rings is 1. The summed E-state index contributed by atoms with van der Waals surface area (Å²) in [6.45, 7) is 0.514. The Kier molecular flexibility index (Phi) is 5.67. The van der Waals surface area contributed by atoms with Gasteiger partial charge in [0.25, 0.3) is 0 Å². The number of halogens is 2. The molecule has 1 aliphatic carbocycles. The zero-order chi connectivity index (χ0) is 17.1. The Hall–Kier alpha value is -1.26. The molecule has 130 valence electrons. The number of carbonyl (C=O) groups is 2. The van der Waals surface area contributed by atoms with Crippen molar-refractivity contribution in [3.63, 3.8) is 0 Å². The summed E-state index contributed by atoms with van der Waals surface area (Å²) in [5, 5.41) is 3.75. The van der Waals surface area contributed by atoms with Crippen molar-refractivity contribution in [1.29, 1.82) is 0 Å². The molecule has 1 saturated heterocycles. The molecule has 4 nitrogen and oxygen atoms in total. The lowest BCUT2D eigenvalue weighted by atomic mass is 10.1. The SMILES string of the molecule is O=C(Nc1ccc(Cl)cc1Cl)C1CC(=O)N(C2CCCCCC2)C1. The molecule has 2 amide bonds. The number of nitrogens with zero attached hydrogens (tertiary/aromatic N) is 1. The first-order valence-electron chi connectivity index (χ1n) is 8.60. The first kappa shape index (κ1) is 17.6. The zero-order valence-electron chi connectivity index (χ0n) is 13.6. The van der Waals surface area contributed by atoms with E-state index < -0.39 is 0 Å². The van der Waals surface area contributed by atoms with Crippen LogP contribution in [0.3, 0.4) is 0 Å². The molecule has 0 bridgehead atoms. The summed E-state index contributed by atoms with van der Waals surface area (Å²) in [4.78, 5) is 26.8. The summed E-state index contributed by atoms with van der Waals surface area (Å²) >= 11 is 12.0. The summed E-state index contributed by atoms with van der Waals surface area (Å²) in [5.41, 5.74) is 0.534. The minimum atomic E-state index is -0.313. The van der Waals surface area contributed by atoms with E-state index in [0.29, 0.717) is 28.3 Å². The van der Waals surface area contributed by atoms with Crippen molar-refractivity contribution in [1.82, 2.24) is 4.90 Å². The van der Waals surface area contributed by atoms with Gasteiger partial charge in [-0.25, -0.2) is 0 Å². The van der Waals surface area contributed by atoms with Crippen molar-refractivity contribution in [3.8, 4) is 0 Å². The Morgan fingerprint density at radius 1 is 1.12 bits per heavy atom. The number of carbonyl (C=O) groups excluding carboxylic acids is 2. The smallest absolute Gasteiger partial charge is 0.229 e. The lowest BCUT2D eigenvalue weighted by molar-refractivity contribution is -0.130. The number of hydrogen-bond donors (Lipinski definition) is 1. The van der Waals surface area contributed by atoms with Crippen LogP contribution < -0.4 is 5.32 Å². The maximum Gasteiger partial charge on any atom is 0.229 e. The number of anilines is 1. The van der Waals surface area contributed by atoms with Crippen molar-refractivity contribution in [3.05, 3.63) is 28.2 Å². The predicted molar refractivity (Wildman–Crippen MR) is 96.4 cm³/mol. The highest BCUT2D eigenvalue weighted by molar-refractivity contribution is 6.36. The highest BCUT2D eigenvalue weighted by Crippen LogP contribution is 2.30. The van der Waals surface area contributed by atoms with Gasteiger partial charge in [-0.05, 0) is 31.0 Å². The predicted octanol–water partition coefficient (Wildman–Crippen LogP) is 4.50. The van der Waals surface area contributed by atoms with Crippen LogP contribution in [-0.2, 0) is 9.59 Å². The lowest BCUT2D eigenvalue weighted by Crippen LogP contribution is -2.37. The average Bonchev–Trinajstić information content (AvgIpc) is 2.76. The minimum Gasteiger partial charge on any atom is -0.339 e. The van der Waals surface area contributed by atoms with Crippen LogP contribution in [-0.4, -0.2) is 29.3 Å². The average molecular weight is 369 g/mol. The summed E-state index contributed by atoms with van der Waals surface area (Å²) in [6.07, 6.45) is 7.24. The van der Waals surface area contributed by atoms with Crippen LogP contribution >= 0.6 is 23.2 Å². The van der Waals surface area contributed by atoms with Gasteiger partial charge in [0.1, 0.15) is 0 Å². The Labute approximate surface area is 152 Å². The number of amides is 2. The van der Waals surface area contributed by atoms with E-state index >= 15 is 0 Å². The molecule has 0 radical (unpaired) electrons. The first-order chi connectivity index (χ1) is 11.5. The van der Waals surface area contributed by atoms with Crippen LogP contribution in [0.1, 0.15) is 44.9 Å². The van der Waals surface area contributed by atoms with Gasteiger partial charge in [-0.1, -0.05) is 48.9 Å². The second kappa shape index (κ2) is 7.75. The molecule has 1 unspecified atom stereocenters. The van der Waals surface area contributed by atoms with Crippen LogP contribution in [0.2, 0.25) is 10.0 Å². The lowest BCUT2D eigenvalue weighted by Gasteiger charge is -2.27. The molecule has 0 aromatic heterocycles. The van der Waals surface area contributed by atoms with E-state index in [1.54, 1.807) is 18.2 Å². The van der Waals surface area contributed by atoms with E-state index in [9.17, 15) is 9.59 Å². The highest BCUT2D eigenvalue weighted by Gasteiger charge is 2.37. The van der Waals surface area contributed by atoms with Crippen LogP contribution in [0.5, 0.6) is 0 Å². The number of hydrogen-bond acceptors (Lipinski definition) is 2. The summed E-state index contributed by atoms with van der Waals surface area (Å²) in [7, 11) is 0.